The minimum absolute atomic E-state index is 0.0994. The van der Waals surface area contributed by atoms with Crippen molar-refractivity contribution in [3.63, 3.8) is 0 Å². The highest BCUT2D eigenvalue weighted by Crippen LogP contribution is 2.42. The first kappa shape index (κ1) is 30.1. The van der Waals surface area contributed by atoms with Gasteiger partial charge in [-0.05, 0) is 84.3 Å². The van der Waals surface area contributed by atoms with Gasteiger partial charge in [-0.15, -0.1) is 0 Å². The fraction of sp³-hybridized carbons (Fsp3) is 0.457. The maximum Gasteiger partial charge on any atom is 0.321 e. The zero-order valence-corrected chi connectivity index (χ0v) is 26.4. The van der Waals surface area contributed by atoms with E-state index in [0.717, 1.165) is 66.1 Å². The number of carboxylic acids is 1. The van der Waals surface area contributed by atoms with Gasteiger partial charge in [0, 0.05) is 32.6 Å². The molecular weight excluding hydrogens is 583 g/mol. The number of rotatable bonds is 7. The molecule has 1 fully saturated rings. The summed E-state index contributed by atoms with van der Waals surface area (Å²) in [5.74, 6) is 0.940. The summed E-state index contributed by atoms with van der Waals surface area (Å²) in [5, 5.41) is 11.2. The lowest BCUT2D eigenvalue weighted by molar-refractivity contribution is -0.145. The van der Waals surface area contributed by atoms with Crippen LogP contribution < -0.4 is 14.4 Å². The predicted octanol–water partition coefficient (Wildman–Crippen LogP) is 8.63. The predicted molar refractivity (Wildman–Crippen MR) is 172 cm³/mol. The molecule has 6 rings (SSSR count). The second-order valence-electron chi connectivity index (χ2n) is 12.2. The molecule has 0 aromatic heterocycles. The molecule has 1 saturated carbocycles. The Labute approximate surface area is 264 Å². The van der Waals surface area contributed by atoms with E-state index in [9.17, 15) is 9.90 Å². The van der Waals surface area contributed by atoms with Gasteiger partial charge < -0.3 is 19.5 Å². The third kappa shape index (κ3) is 6.47. The van der Waals surface area contributed by atoms with E-state index in [1.54, 1.807) is 0 Å². The fourth-order valence-corrected chi connectivity index (χ4v) is 7.25. The van der Waals surface area contributed by atoms with E-state index in [-0.39, 0.29) is 12.2 Å². The molecule has 43 heavy (non-hydrogen) atoms. The van der Waals surface area contributed by atoms with Crippen molar-refractivity contribution in [2.75, 3.05) is 18.5 Å². The maximum absolute atomic E-state index is 12.3. The second-order valence-corrected chi connectivity index (χ2v) is 13.0. The molecule has 3 atom stereocenters. The van der Waals surface area contributed by atoms with Crippen LogP contribution in [-0.2, 0) is 17.8 Å². The molecule has 0 radical (unpaired) electrons. The summed E-state index contributed by atoms with van der Waals surface area (Å²) >= 11 is 12.4. The molecule has 6 nitrogen and oxygen atoms in total. The molecule has 0 saturated heterocycles. The Morgan fingerprint density at radius 1 is 1.00 bits per heavy atom. The Balaban J connectivity index is 1.21. The summed E-state index contributed by atoms with van der Waals surface area (Å²) < 4.78 is 13.1. The standard InChI is InChI=1S/C35H40Cl2N2O4/c1-3-32(23-11-14-28(36)29(37)17-23)42-27-12-9-22(10-13-27)33-15-16-38(2)30-18-24-19-31(35(40)41)39(26-7-5-4-6-8-26)21-25(24)20-34(30)43-33/h9-14,17-18,20,26,31-33H,3-8,15-16,19,21H2,1-2H3,(H,40,41)/t31-,32+,33+/m0/s1. The number of ether oxygens (including phenoxy) is 2. The van der Waals surface area contributed by atoms with Gasteiger partial charge in [0.1, 0.15) is 29.7 Å². The van der Waals surface area contributed by atoms with Gasteiger partial charge >= 0.3 is 5.97 Å². The molecule has 2 aliphatic heterocycles. The van der Waals surface area contributed by atoms with Crippen LogP contribution in [0.25, 0.3) is 0 Å². The Morgan fingerprint density at radius 3 is 2.47 bits per heavy atom. The van der Waals surface area contributed by atoms with Crippen molar-refractivity contribution in [2.45, 2.75) is 89.1 Å². The average molecular weight is 624 g/mol. The highest BCUT2D eigenvalue weighted by atomic mass is 35.5. The quantitative estimate of drug-likeness (QED) is 0.284. The number of anilines is 1. The first-order valence-corrected chi connectivity index (χ1v) is 16.3. The van der Waals surface area contributed by atoms with Crippen molar-refractivity contribution in [1.82, 2.24) is 4.90 Å². The number of aliphatic carboxylic acids is 1. The molecule has 0 amide bonds. The minimum atomic E-state index is -0.717. The van der Waals surface area contributed by atoms with Gasteiger partial charge in [-0.2, -0.15) is 0 Å². The highest BCUT2D eigenvalue weighted by molar-refractivity contribution is 6.42. The lowest BCUT2D eigenvalue weighted by Gasteiger charge is -2.42. The van der Waals surface area contributed by atoms with Crippen molar-refractivity contribution in [3.8, 4) is 11.5 Å². The van der Waals surface area contributed by atoms with E-state index in [4.69, 9.17) is 32.7 Å². The maximum atomic E-state index is 12.3. The summed E-state index contributed by atoms with van der Waals surface area (Å²) in [4.78, 5) is 16.8. The monoisotopic (exact) mass is 622 g/mol. The molecule has 3 aromatic carbocycles. The number of carboxylic acid groups (broad SMARTS) is 1. The van der Waals surface area contributed by atoms with Gasteiger partial charge in [0.05, 0.1) is 15.7 Å². The number of hydrogen-bond donors (Lipinski definition) is 1. The van der Waals surface area contributed by atoms with Crippen LogP contribution >= 0.6 is 23.2 Å². The van der Waals surface area contributed by atoms with E-state index >= 15 is 0 Å². The van der Waals surface area contributed by atoms with E-state index < -0.39 is 12.0 Å². The molecule has 3 aliphatic rings. The van der Waals surface area contributed by atoms with Crippen molar-refractivity contribution >= 4 is 34.9 Å². The van der Waals surface area contributed by atoms with E-state index in [1.165, 1.54) is 24.8 Å². The molecule has 2 heterocycles. The average Bonchev–Trinajstić information content (AvgIpc) is 3.18. The summed E-state index contributed by atoms with van der Waals surface area (Å²) in [6, 6.07) is 18.0. The molecule has 0 spiro atoms. The van der Waals surface area contributed by atoms with Crippen LogP contribution in [-0.4, -0.2) is 41.7 Å². The number of carbonyl (C=O) groups is 1. The molecule has 0 bridgehead atoms. The number of halogens is 2. The summed E-state index contributed by atoms with van der Waals surface area (Å²) in [7, 11) is 2.09. The summed E-state index contributed by atoms with van der Waals surface area (Å²) in [5.41, 5.74) is 5.44. The van der Waals surface area contributed by atoms with Crippen molar-refractivity contribution in [1.29, 1.82) is 0 Å². The zero-order valence-electron chi connectivity index (χ0n) is 24.9. The number of hydrogen-bond acceptors (Lipinski definition) is 5. The third-order valence-electron chi connectivity index (χ3n) is 9.40. The number of benzene rings is 3. The van der Waals surface area contributed by atoms with Gasteiger partial charge in [0.15, 0.2) is 0 Å². The van der Waals surface area contributed by atoms with Crippen LogP contribution in [0.1, 0.15) is 86.3 Å². The van der Waals surface area contributed by atoms with Gasteiger partial charge in [-0.25, -0.2) is 0 Å². The Bertz CT molecular complexity index is 1460. The molecule has 0 unspecified atom stereocenters. The topological polar surface area (TPSA) is 62.2 Å². The lowest BCUT2D eigenvalue weighted by Crippen LogP contribution is -2.51. The van der Waals surface area contributed by atoms with Gasteiger partial charge in [-0.1, -0.05) is 67.6 Å². The summed E-state index contributed by atoms with van der Waals surface area (Å²) in [6.07, 6.45) is 7.71. The second kappa shape index (κ2) is 13.0. The Hall–Kier alpha value is -2.93. The van der Waals surface area contributed by atoms with Crippen molar-refractivity contribution in [3.05, 3.63) is 86.9 Å². The number of fused-ring (bicyclic) bond motifs is 2. The molecule has 1 aliphatic carbocycles. The molecule has 3 aromatic rings. The third-order valence-corrected chi connectivity index (χ3v) is 10.1. The smallest absolute Gasteiger partial charge is 0.321 e. The summed E-state index contributed by atoms with van der Waals surface area (Å²) in [6.45, 7) is 3.58. The largest absolute Gasteiger partial charge is 0.486 e. The zero-order chi connectivity index (χ0) is 30.1. The van der Waals surface area contributed by atoms with E-state index in [2.05, 4.69) is 48.0 Å². The van der Waals surface area contributed by atoms with Crippen LogP contribution in [0.3, 0.4) is 0 Å². The minimum Gasteiger partial charge on any atom is -0.486 e. The Kier molecular flexibility index (Phi) is 9.08. The van der Waals surface area contributed by atoms with Crippen LogP contribution in [0, 0.1) is 0 Å². The fourth-order valence-electron chi connectivity index (χ4n) is 6.94. The van der Waals surface area contributed by atoms with Crippen molar-refractivity contribution in [2.24, 2.45) is 0 Å². The van der Waals surface area contributed by atoms with Gasteiger partial charge in [0.25, 0.3) is 0 Å². The SMILES string of the molecule is CC[C@@H](Oc1ccc([C@H]2CCN(C)c3cc4c(cc3O2)CN(C2CCCCC2)[C@H](C(=O)O)C4)cc1)c1ccc(Cl)c(Cl)c1. The first-order chi connectivity index (χ1) is 20.8. The first-order valence-electron chi connectivity index (χ1n) is 15.5. The molecule has 8 heteroatoms. The van der Waals surface area contributed by atoms with Crippen LogP contribution in [0.4, 0.5) is 5.69 Å². The Morgan fingerprint density at radius 2 is 1.77 bits per heavy atom. The van der Waals surface area contributed by atoms with Crippen LogP contribution in [0.2, 0.25) is 10.0 Å². The normalized spacial score (nSPS) is 21.7. The van der Waals surface area contributed by atoms with Crippen molar-refractivity contribution < 1.29 is 19.4 Å². The van der Waals surface area contributed by atoms with E-state index in [0.29, 0.717) is 29.1 Å². The number of nitrogens with zero attached hydrogens (tertiary/aromatic N) is 2. The van der Waals surface area contributed by atoms with Crippen LogP contribution in [0.15, 0.2) is 54.6 Å². The molecular formula is C35H40Cl2N2O4. The highest BCUT2D eigenvalue weighted by Gasteiger charge is 2.37. The van der Waals surface area contributed by atoms with Crippen LogP contribution in [0.5, 0.6) is 11.5 Å². The van der Waals surface area contributed by atoms with E-state index in [1.807, 2.05) is 30.3 Å². The lowest BCUT2D eigenvalue weighted by atomic mass is 9.87. The molecule has 228 valence electrons. The van der Waals surface area contributed by atoms with Gasteiger partial charge in [-0.3, -0.25) is 9.69 Å². The molecule has 1 N–H and O–H groups in total. The van der Waals surface area contributed by atoms with Gasteiger partial charge in [0.2, 0.25) is 0 Å².